The highest BCUT2D eigenvalue weighted by atomic mass is 16.6. The second kappa shape index (κ2) is 9.31. The third-order valence-electron chi connectivity index (χ3n) is 4.65. The average molecular weight is 401 g/mol. The standard InChI is InChI=1S/C20H23N3O6/c1-2-28-20(27)22-17(24)12-29-19(26)13-8-9-14-15(11-13)21-16-7-5-3-4-6-10-23(16)18(14)25/h8-9,11H,2-7,10,12H2,1H3,(H,22,24,27). The molecule has 29 heavy (non-hydrogen) atoms. The molecule has 0 fully saturated rings. The van der Waals surface area contributed by atoms with Crippen LogP contribution in [0.4, 0.5) is 4.79 Å². The second-order valence-electron chi connectivity index (χ2n) is 6.73. The molecule has 2 aromatic rings. The lowest BCUT2D eigenvalue weighted by Crippen LogP contribution is -2.34. The van der Waals surface area contributed by atoms with E-state index >= 15 is 0 Å². The average Bonchev–Trinajstić information content (AvgIpc) is 2.67. The molecule has 2 amide bonds. The number of nitrogens with zero attached hydrogens (tertiary/aromatic N) is 2. The molecule has 154 valence electrons. The number of rotatable bonds is 4. The van der Waals surface area contributed by atoms with E-state index in [0.29, 0.717) is 23.9 Å². The summed E-state index contributed by atoms with van der Waals surface area (Å²) in [5.41, 5.74) is 0.483. The third kappa shape index (κ3) is 4.98. The van der Waals surface area contributed by atoms with Gasteiger partial charge in [0.15, 0.2) is 6.61 Å². The van der Waals surface area contributed by atoms with Crippen molar-refractivity contribution in [2.24, 2.45) is 0 Å². The van der Waals surface area contributed by atoms with Crippen molar-refractivity contribution in [2.45, 2.75) is 45.6 Å². The summed E-state index contributed by atoms with van der Waals surface area (Å²) in [4.78, 5) is 52.4. The van der Waals surface area contributed by atoms with Crippen molar-refractivity contribution in [3.8, 4) is 0 Å². The van der Waals surface area contributed by atoms with E-state index in [1.54, 1.807) is 17.6 Å². The smallest absolute Gasteiger partial charge is 0.413 e. The van der Waals surface area contributed by atoms with E-state index < -0.39 is 24.6 Å². The van der Waals surface area contributed by atoms with Gasteiger partial charge in [0.2, 0.25) is 0 Å². The first kappa shape index (κ1) is 20.5. The lowest BCUT2D eigenvalue weighted by Gasteiger charge is -2.16. The van der Waals surface area contributed by atoms with Gasteiger partial charge in [-0.25, -0.2) is 14.6 Å². The molecule has 0 bridgehead atoms. The molecule has 0 aliphatic carbocycles. The van der Waals surface area contributed by atoms with Gasteiger partial charge in [-0.2, -0.15) is 0 Å². The number of amides is 2. The summed E-state index contributed by atoms with van der Waals surface area (Å²) in [6.45, 7) is 1.74. The molecule has 0 saturated heterocycles. The number of hydrogen-bond acceptors (Lipinski definition) is 7. The predicted octanol–water partition coefficient (Wildman–Crippen LogP) is 1.94. The Balaban J connectivity index is 1.76. The molecule has 0 atom stereocenters. The SMILES string of the molecule is CCOC(=O)NC(=O)COC(=O)c1ccc2c(=O)n3c(nc2c1)CCCCCC3. The van der Waals surface area contributed by atoms with Crippen LogP contribution in [0.15, 0.2) is 23.0 Å². The molecule has 0 spiro atoms. The van der Waals surface area contributed by atoms with E-state index in [-0.39, 0.29) is 17.7 Å². The summed E-state index contributed by atoms with van der Waals surface area (Å²) in [6.07, 6.45) is 3.93. The van der Waals surface area contributed by atoms with Gasteiger partial charge in [-0.15, -0.1) is 0 Å². The van der Waals surface area contributed by atoms with Crippen molar-refractivity contribution >= 4 is 28.9 Å². The quantitative estimate of drug-likeness (QED) is 0.778. The maximum absolute atomic E-state index is 12.8. The first-order valence-corrected chi connectivity index (χ1v) is 9.66. The van der Waals surface area contributed by atoms with Gasteiger partial charge in [0, 0.05) is 13.0 Å². The van der Waals surface area contributed by atoms with Gasteiger partial charge in [-0.05, 0) is 38.0 Å². The fraction of sp³-hybridized carbons (Fsp3) is 0.450. The number of fused-ring (bicyclic) bond motifs is 2. The predicted molar refractivity (Wildman–Crippen MR) is 104 cm³/mol. The number of ether oxygens (including phenoxy) is 2. The highest BCUT2D eigenvalue weighted by Crippen LogP contribution is 2.16. The van der Waals surface area contributed by atoms with Crippen LogP contribution in [-0.4, -0.2) is 40.7 Å². The van der Waals surface area contributed by atoms with Crippen LogP contribution >= 0.6 is 0 Å². The zero-order valence-corrected chi connectivity index (χ0v) is 16.2. The number of hydrogen-bond donors (Lipinski definition) is 1. The minimum Gasteiger partial charge on any atom is -0.452 e. The maximum Gasteiger partial charge on any atom is 0.413 e. The van der Waals surface area contributed by atoms with Gasteiger partial charge in [-0.3, -0.25) is 19.5 Å². The van der Waals surface area contributed by atoms with Crippen molar-refractivity contribution in [3.05, 3.63) is 39.9 Å². The minimum atomic E-state index is -0.902. The van der Waals surface area contributed by atoms with Crippen molar-refractivity contribution in [3.63, 3.8) is 0 Å². The Labute approximate surface area is 167 Å². The second-order valence-corrected chi connectivity index (χ2v) is 6.73. The molecular weight excluding hydrogens is 378 g/mol. The van der Waals surface area contributed by atoms with Crippen LogP contribution in [0.25, 0.3) is 10.9 Å². The summed E-state index contributed by atoms with van der Waals surface area (Å²) in [7, 11) is 0. The number of carbonyl (C=O) groups is 3. The van der Waals surface area contributed by atoms with Crippen LogP contribution < -0.4 is 10.9 Å². The molecule has 3 rings (SSSR count). The molecule has 1 N–H and O–H groups in total. The number of aromatic nitrogens is 2. The molecule has 1 aliphatic heterocycles. The Hall–Kier alpha value is -3.23. The Bertz CT molecular complexity index is 998. The van der Waals surface area contributed by atoms with Gasteiger partial charge in [-0.1, -0.05) is 12.8 Å². The summed E-state index contributed by atoms with van der Waals surface area (Å²) in [5, 5.41) is 2.37. The minimum absolute atomic E-state index is 0.111. The van der Waals surface area contributed by atoms with Crippen LogP contribution in [-0.2, 0) is 27.2 Å². The number of carbonyl (C=O) groups excluding carboxylic acids is 3. The van der Waals surface area contributed by atoms with Crippen molar-refractivity contribution in [2.75, 3.05) is 13.2 Å². The van der Waals surface area contributed by atoms with Gasteiger partial charge in [0.25, 0.3) is 11.5 Å². The zero-order chi connectivity index (χ0) is 20.8. The van der Waals surface area contributed by atoms with Crippen LogP contribution in [0.1, 0.15) is 48.8 Å². The summed E-state index contributed by atoms with van der Waals surface area (Å²) >= 11 is 0. The Morgan fingerprint density at radius 1 is 1.14 bits per heavy atom. The highest BCUT2D eigenvalue weighted by Gasteiger charge is 2.17. The summed E-state index contributed by atoms with van der Waals surface area (Å²) in [5.74, 6) is -0.823. The largest absolute Gasteiger partial charge is 0.452 e. The Morgan fingerprint density at radius 2 is 1.93 bits per heavy atom. The number of nitrogens with one attached hydrogen (secondary N) is 1. The van der Waals surface area contributed by atoms with Crippen LogP contribution in [0.3, 0.4) is 0 Å². The molecular formula is C20H23N3O6. The number of benzene rings is 1. The molecule has 9 heteroatoms. The van der Waals surface area contributed by atoms with E-state index in [9.17, 15) is 19.2 Å². The number of imide groups is 1. The van der Waals surface area contributed by atoms with Gasteiger partial charge in [0.05, 0.1) is 23.1 Å². The van der Waals surface area contributed by atoms with Gasteiger partial charge >= 0.3 is 12.1 Å². The molecule has 9 nitrogen and oxygen atoms in total. The van der Waals surface area contributed by atoms with Crippen molar-refractivity contribution < 1.29 is 23.9 Å². The fourth-order valence-corrected chi connectivity index (χ4v) is 3.25. The van der Waals surface area contributed by atoms with E-state index in [4.69, 9.17) is 4.74 Å². The van der Waals surface area contributed by atoms with Crippen LogP contribution in [0, 0.1) is 0 Å². The normalized spacial score (nSPS) is 13.7. The van der Waals surface area contributed by atoms with Gasteiger partial charge < -0.3 is 9.47 Å². The fourth-order valence-electron chi connectivity index (χ4n) is 3.25. The number of aryl methyl sites for hydroxylation is 1. The molecule has 2 heterocycles. The first-order chi connectivity index (χ1) is 14.0. The van der Waals surface area contributed by atoms with Crippen molar-refractivity contribution in [1.29, 1.82) is 0 Å². The van der Waals surface area contributed by atoms with E-state index in [1.165, 1.54) is 12.1 Å². The van der Waals surface area contributed by atoms with Gasteiger partial charge in [0.1, 0.15) is 5.82 Å². The number of alkyl carbamates (subject to hydrolysis) is 1. The molecule has 1 aromatic carbocycles. The van der Waals surface area contributed by atoms with Crippen LogP contribution in [0.2, 0.25) is 0 Å². The van der Waals surface area contributed by atoms with E-state index in [2.05, 4.69) is 9.72 Å². The highest BCUT2D eigenvalue weighted by molar-refractivity contribution is 5.97. The lowest BCUT2D eigenvalue weighted by molar-refractivity contribution is -0.123. The van der Waals surface area contributed by atoms with E-state index in [1.807, 2.05) is 5.32 Å². The molecule has 0 unspecified atom stereocenters. The summed E-state index contributed by atoms with van der Waals surface area (Å²) in [6, 6.07) is 4.50. The monoisotopic (exact) mass is 401 g/mol. The third-order valence-corrected chi connectivity index (χ3v) is 4.65. The Kier molecular flexibility index (Phi) is 6.58. The summed E-state index contributed by atoms with van der Waals surface area (Å²) < 4.78 is 11.2. The maximum atomic E-state index is 12.8. The first-order valence-electron chi connectivity index (χ1n) is 9.66. The topological polar surface area (TPSA) is 117 Å². The van der Waals surface area contributed by atoms with Crippen LogP contribution in [0.5, 0.6) is 0 Å². The van der Waals surface area contributed by atoms with Crippen molar-refractivity contribution in [1.82, 2.24) is 14.9 Å². The Morgan fingerprint density at radius 3 is 2.72 bits per heavy atom. The number of esters is 1. The molecule has 1 aromatic heterocycles. The molecule has 0 radical (unpaired) electrons. The molecule has 0 saturated carbocycles. The van der Waals surface area contributed by atoms with E-state index in [0.717, 1.165) is 31.5 Å². The molecule has 1 aliphatic rings. The zero-order valence-electron chi connectivity index (χ0n) is 16.2. The lowest BCUT2D eigenvalue weighted by atomic mass is 10.1.